The van der Waals surface area contributed by atoms with E-state index < -0.39 is 0 Å². The summed E-state index contributed by atoms with van der Waals surface area (Å²) in [7, 11) is 0. The van der Waals surface area contributed by atoms with Gasteiger partial charge in [-0.05, 0) is 0 Å². The zero-order chi connectivity index (χ0) is 10.8. The Labute approximate surface area is 102 Å². The molecule has 14 heavy (non-hydrogen) atoms. The summed E-state index contributed by atoms with van der Waals surface area (Å²) in [6, 6.07) is 0. The first kappa shape index (κ1) is 15.0. The van der Waals surface area contributed by atoms with E-state index in [0.717, 1.165) is 38.1 Å². The van der Waals surface area contributed by atoms with Crippen LogP contribution in [0.1, 0.15) is 53.4 Å². The Morgan fingerprint density at radius 3 is 1.36 bits per heavy atom. The van der Waals surface area contributed by atoms with Crippen molar-refractivity contribution in [1.82, 2.24) is 0 Å². The number of hydrogen-bond donors (Lipinski definition) is 0. The molecule has 0 fully saturated rings. The van der Waals surface area contributed by atoms with Gasteiger partial charge in [0.15, 0.2) is 0 Å². The first-order valence-electron chi connectivity index (χ1n) is 5.87. The summed E-state index contributed by atoms with van der Waals surface area (Å²) in [5.74, 6) is 1.83. The number of hydrogen-bond acceptors (Lipinski definition) is 0. The summed E-state index contributed by atoms with van der Waals surface area (Å²) < 4.78 is 0. The molecule has 0 bridgehead atoms. The standard InChI is InChI=1S/C12H26Se2/c1-11(2)7-5-9-13-14-10-6-8-12(3)4/h11-12H,5-10H2,1-4H3. The van der Waals surface area contributed by atoms with Crippen molar-refractivity contribution in [1.29, 1.82) is 0 Å². The van der Waals surface area contributed by atoms with E-state index in [2.05, 4.69) is 27.7 Å². The molecule has 0 amide bonds. The van der Waals surface area contributed by atoms with E-state index in [9.17, 15) is 0 Å². The summed E-state index contributed by atoms with van der Waals surface area (Å²) in [6.45, 7) is 9.34. The zero-order valence-corrected chi connectivity index (χ0v) is 13.6. The Bertz CT molecular complexity index is 96.9. The van der Waals surface area contributed by atoms with Gasteiger partial charge in [-0.1, -0.05) is 0 Å². The second kappa shape index (κ2) is 10.6. The van der Waals surface area contributed by atoms with Crippen LogP contribution < -0.4 is 0 Å². The summed E-state index contributed by atoms with van der Waals surface area (Å²) >= 11 is 2.03. The van der Waals surface area contributed by atoms with Gasteiger partial charge in [0.2, 0.25) is 0 Å². The summed E-state index contributed by atoms with van der Waals surface area (Å²) in [5, 5.41) is 3.10. The molecule has 0 atom stereocenters. The van der Waals surface area contributed by atoms with Crippen LogP contribution in [0.5, 0.6) is 0 Å². The van der Waals surface area contributed by atoms with Crippen molar-refractivity contribution in [3.05, 3.63) is 0 Å². The minimum atomic E-state index is 0.916. The second-order valence-electron chi connectivity index (χ2n) is 4.72. The average molecular weight is 328 g/mol. The van der Waals surface area contributed by atoms with Gasteiger partial charge in [0.05, 0.1) is 0 Å². The van der Waals surface area contributed by atoms with E-state index in [1.807, 2.05) is 0 Å². The summed E-state index contributed by atoms with van der Waals surface area (Å²) in [4.78, 5) is 0. The molecule has 0 saturated heterocycles. The first-order chi connectivity index (χ1) is 6.63. The Hall–Kier alpha value is 1.04. The van der Waals surface area contributed by atoms with Crippen LogP contribution in [0.4, 0.5) is 0 Å². The van der Waals surface area contributed by atoms with E-state index in [4.69, 9.17) is 0 Å². The molecule has 0 nitrogen and oxygen atoms in total. The fourth-order valence-corrected chi connectivity index (χ4v) is 8.05. The van der Waals surface area contributed by atoms with Gasteiger partial charge in [0.1, 0.15) is 0 Å². The fourth-order valence-electron chi connectivity index (χ4n) is 1.22. The van der Waals surface area contributed by atoms with Crippen LogP contribution in [-0.4, -0.2) is 26.3 Å². The minimum absolute atomic E-state index is 0.916. The van der Waals surface area contributed by atoms with Crippen LogP contribution in [-0.2, 0) is 0 Å². The normalized spacial score (nSPS) is 11.6. The zero-order valence-electron chi connectivity index (χ0n) is 10.2. The topological polar surface area (TPSA) is 0 Å². The first-order valence-corrected chi connectivity index (χ1v) is 12.6. The van der Waals surface area contributed by atoms with Crippen molar-refractivity contribution in [3.63, 3.8) is 0 Å². The van der Waals surface area contributed by atoms with Crippen molar-refractivity contribution in [3.8, 4) is 0 Å². The van der Waals surface area contributed by atoms with E-state index in [0.29, 0.717) is 0 Å². The van der Waals surface area contributed by atoms with Gasteiger partial charge >= 0.3 is 102 Å². The fraction of sp³-hybridized carbons (Fsp3) is 1.00. The molecule has 0 aromatic carbocycles. The van der Waals surface area contributed by atoms with Gasteiger partial charge in [-0.25, -0.2) is 0 Å². The molecule has 0 spiro atoms. The maximum atomic E-state index is 2.33. The molecule has 0 aliphatic rings. The molecule has 0 aliphatic carbocycles. The third kappa shape index (κ3) is 13.0. The van der Waals surface area contributed by atoms with Crippen molar-refractivity contribution in [2.24, 2.45) is 11.8 Å². The second-order valence-corrected chi connectivity index (χ2v) is 12.6. The maximum absolute atomic E-state index is 2.33. The molecule has 0 N–H and O–H groups in total. The third-order valence-corrected chi connectivity index (χ3v) is 9.81. The summed E-state index contributed by atoms with van der Waals surface area (Å²) in [5.41, 5.74) is 0. The van der Waals surface area contributed by atoms with E-state index in [1.165, 1.54) is 25.7 Å². The average Bonchev–Trinajstić information content (AvgIpc) is 2.08. The molecule has 0 rings (SSSR count). The molecule has 2 heteroatoms. The van der Waals surface area contributed by atoms with Gasteiger partial charge in [-0.15, -0.1) is 0 Å². The predicted octanol–water partition coefficient (Wildman–Crippen LogP) is 4.02. The molecule has 0 radical (unpaired) electrons. The molecule has 0 heterocycles. The molecule has 0 aliphatic heterocycles. The van der Waals surface area contributed by atoms with Crippen LogP contribution >= 0.6 is 0 Å². The molecule has 0 aromatic heterocycles. The van der Waals surface area contributed by atoms with E-state index in [-0.39, 0.29) is 0 Å². The predicted molar refractivity (Wildman–Crippen MR) is 69.3 cm³/mol. The SMILES string of the molecule is CC(C)CCC[Se][Se]CCCC(C)C. The van der Waals surface area contributed by atoms with E-state index >= 15 is 0 Å². The number of rotatable bonds is 9. The summed E-state index contributed by atoms with van der Waals surface area (Å²) in [6.07, 6.45) is 5.88. The van der Waals surface area contributed by atoms with Crippen LogP contribution in [0.25, 0.3) is 0 Å². The van der Waals surface area contributed by atoms with E-state index in [1.54, 1.807) is 10.6 Å². The molecular formula is C12H26Se2. The van der Waals surface area contributed by atoms with Gasteiger partial charge < -0.3 is 0 Å². The van der Waals surface area contributed by atoms with Crippen LogP contribution in [0.2, 0.25) is 10.6 Å². The third-order valence-electron chi connectivity index (χ3n) is 2.10. The Kier molecular flexibility index (Phi) is 11.3. The Morgan fingerprint density at radius 1 is 0.714 bits per heavy atom. The molecule has 0 unspecified atom stereocenters. The van der Waals surface area contributed by atoms with Gasteiger partial charge in [-0.3, -0.25) is 0 Å². The molecular weight excluding hydrogens is 302 g/mol. The van der Waals surface area contributed by atoms with Crippen LogP contribution in [0.15, 0.2) is 0 Å². The van der Waals surface area contributed by atoms with Crippen molar-refractivity contribution in [2.45, 2.75) is 64.0 Å². The van der Waals surface area contributed by atoms with Gasteiger partial charge in [0.25, 0.3) is 0 Å². The van der Waals surface area contributed by atoms with Gasteiger partial charge in [0, 0.05) is 0 Å². The van der Waals surface area contributed by atoms with Crippen molar-refractivity contribution >= 4 is 26.3 Å². The molecule has 0 aromatic rings. The van der Waals surface area contributed by atoms with Crippen molar-refractivity contribution in [2.75, 3.05) is 0 Å². The molecule has 0 saturated carbocycles. The van der Waals surface area contributed by atoms with Gasteiger partial charge in [-0.2, -0.15) is 0 Å². The quantitative estimate of drug-likeness (QED) is 0.443. The molecule has 86 valence electrons. The Morgan fingerprint density at radius 2 is 1.07 bits per heavy atom. The monoisotopic (exact) mass is 330 g/mol. The van der Waals surface area contributed by atoms with Crippen molar-refractivity contribution < 1.29 is 0 Å². The Balaban J connectivity index is 2.92. The van der Waals surface area contributed by atoms with Crippen LogP contribution in [0.3, 0.4) is 0 Å². The van der Waals surface area contributed by atoms with Crippen LogP contribution in [0, 0.1) is 11.8 Å².